The molecule has 1 aliphatic heterocycles. The number of Topliss-reactive ketones (excluding diaryl/α,β-unsaturated/α-hetero) is 1. The fourth-order valence-corrected chi connectivity index (χ4v) is 8.60. The Hall–Kier alpha value is -3.27. The molecule has 3 aliphatic rings. The van der Waals surface area contributed by atoms with Crippen LogP contribution in [0.3, 0.4) is 0 Å². The Bertz CT molecular complexity index is 1480. The van der Waals surface area contributed by atoms with Gasteiger partial charge in [0.15, 0.2) is 5.78 Å². The number of fused-ring (bicyclic) bond motifs is 1. The number of rotatable bonds is 13. The second-order valence-electron chi connectivity index (χ2n) is 16.0. The van der Waals surface area contributed by atoms with Gasteiger partial charge in [0.25, 0.3) is 0 Å². The molecule has 1 saturated heterocycles. The zero-order chi connectivity index (χ0) is 36.0. The fraction of sp³-hybridized carbons (Fsp3) is 0.700. The van der Waals surface area contributed by atoms with Crippen molar-refractivity contribution in [2.24, 2.45) is 29.6 Å². The molecular weight excluding hydrogens is 639 g/mol. The molecule has 2 heterocycles. The van der Waals surface area contributed by atoms with Crippen LogP contribution in [0, 0.1) is 29.6 Å². The van der Waals surface area contributed by atoms with Crippen molar-refractivity contribution in [3.8, 4) is 0 Å². The molecule has 0 bridgehead atoms. The number of hydrogen-bond donors (Lipinski definition) is 1. The van der Waals surface area contributed by atoms with Crippen molar-refractivity contribution in [2.75, 3.05) is 26.9 Å². The molecule has 0 spiro atoms. The molecule has 1 N–H and O–H groups in total. The number of carbonyl (C=O) groups is 4. The van der Waals surface area contributed by atoms with Crippen molar-refractivity contribution in [2.45, 2.75) is 122 Å². The molecule has 276 valence electrons. The normalized spacial score (nSPS) is 24.6. The smallest absolute Gasteiger partial charge is 0.354 e. The van der Waals surface area contributed by atoms with Crippen molar-refractivity contribution in [3.05, 3.63) is 35.5 Å². The van der Waals surface area contributed by atoms with E-state index in [0.29, 0.717) is 43.8 Å². The number of hydrogen-bond acceptors (Lipinski definition) is 7. The molecule has 50 heavy (non-hydrogen) atoms. The SMILES string of the molecule is CO[C@@H](C)COC(=O)c1cc2cc(CC(=O)[C@@H]3[C@H](C4CCCCC4)CCN3C(=O)C3CCC([C@@H](CF)CC(=O)OC(C)(C)C)CC3)ccc2[nH]1. The van der Waals surface area contributed by atoms with Crippen molar-refractivity contribution >= 4 is 34.5 Å². The second kappa shape index (κ2) is 16.8. The van der Waals surface area contributed by atoms with Crippen molar-refractivity contribution in [1.29, 1.82) is 0 Å². The molecule has 1 aromatic carbocycles. The van der Waals surface area contributed by atoms with Crippen LogP contribution < -0.4 is 0 Å². The van der Waals surface area contributed by atoms with Crippen LogP contribution in [0.15, 0.2) is 24.3 Å². The van der Waals surface area contributed by atoms with Gasteiger partial charge in [-0.05, 0) is 101 Å². The minimum absolute atomic E-state index is 0.0298. The Morgan fingerprint density at radius 1 is 0.980 bits per heavy atom. The largest absolute Gasteiger partial charge is 0.460 e. The number of methoxy groups -OCH3 is 1. The van der Waals surface area contributed by atoms with Gasteiger partial charge in [0.1, 0.15) is 17.9 Å². The Morgan fingerprint density at radius 3 is 2.36 bits per heavy atom. The van der Waals surface area contributed by atoms with E-state index in [9.17, 15) is 23.6 Å². The highest BCUT2D eigenvalue weighted by Gasteiger charge is 2.46. The van der Waals surface area contributed by atoms with Crippen LogP contribution in [-0.2, 0) is 35.0 Å². The number of alkyl halides is 1. The molecule has 0 unspecified atom stereocenters. The minimum atomic E-state index is -0.613. The van der Waals surface area contributed by atoms with Crippen LogP contribution in [0.25, 0.3) is 10.9 Å². The zero-order valence-electron chi connectivity index (χ0n) is 30.6. The monoisotopic (exact) mass is 696 g/mol. The van der Waals surface area contributed by atoms with Crippen molar-refractivity contribution in [3.63, 3.8) is 0 Å². The number of aromatic amines is 1. The summed E-state index contributed by atoms with van der Waals surface area (Å²) in [6.07, 6.45) is 9.28. The van der Waals surface area contributed by atoms with Crippen LogP contribution in [0.5, 0.6) is 0 Å². The Labute approximate surface area is 296 Å². The maximum atomic E-state index is 14.3. The summed E-state index contributed by atoms with van der Waals surface area (Å²) in [7, 11) is 1.56. The molecule has 5 rings (SSSR count). The molecule has 2 saturated carbocycles. The third-order valence-electron chi connectivity index (χ3n) is 11.3. The standard InChI is InChI=1S/C40H57FN2O7/c1-25(48-5)24-49-39(47)34-21-30-19-26(11-16-33(30)42-34)20-35(44)37-32(28-9-7-6-8-10-28)17-18-43(37)38(46)29-14-12-27(13-15-29)31(23-41)22-36(45)50-40(2,3)4/h11,16,19,21,25,27-29,31-32,37,42H,6-10,12-15,17-18,20,22-24H2,1-5H3/t25-,27?,29?,31+,32-,37-/m0/s1. The first kappa shape index (κ1) is 38.0. The number of amides is 1. The van der Waals surface area contributed by atoms with Crippen LogP contribution in [-0.4, -0.2) is 78.2 Å². The fourth-order valence-electron chi connectivity index (χ4n) is 8.60. The number of esters is 2. The average Bonchev–Trinajstić information content (AvgIpc) is 3.74. The van der Waals surface area contributed by atoms with Gasteiger partial charge in [-0.15, -0.1) is 0 Å². The summed E-state index contributed by atoms with van der Waals surface area (Å²) in [6, 6.07) is 7.03. The summed E-state index contributed by atoms with van der Waals surface area (Å²) in [4.78, 5) is 58.6. The first-order chi connectivity index (χ1) is 23.9. The Kier molecular flexibility index (Phi) is 12.8. The first-order valence-electron chi connectivity index (χ1n) is 18.8. The number of nitrogens with one attached hydrogen (secondary N) is 1. The highest BCUT2D eigenvalue weighted by atomic mass is 19.1. The van der Waals surface area contributed by atoms with E-state index in [4.69, 9.17) is 14.2 Å². The summed E-state index contributed by atoms with van der Waals surface area (Å²) >= 11 is 0. The third-order valence-corrected chi connectivity index (χ3v) is 11.3. The van der Waals surface area contributed by atoms with Gasteiger partial charge in [-0.2, -0.15) is 0 Å². The van der Waals surface area contributed by atoms with Crippen molar-refractivity contribution in [1.82, 2.24) is 9.88 Å². The van der Waals surface area contributed by atoms with Crippen LogP contribution in [0.1, 0.15) is 114 Å². The van der Waals surface area contributed by atoms with E-state index in [1.807, 2.05) is 50.8 Å². The van der Waals surface area contributed by atoms with Gasteiger partial charge >= 0.3 is 11.9 Å². The number of H-pyrrole nitrogens is 1. The molecule has 2 aliphatic carbocycles. The van der Waals surface area contributed by atoms with Crippen molar-refractivity contribution < 1.29 is 37.8 Å². The van der Waals surface area contributed by atoms with Gasteiger partial charge in [-0.1, -0.05) is 38.2 Å². The van der Waals surface area contributed by atoms with E-state index in [1.54, 1.807) is 13.2 Å². The topological polar surface area (TPSA) is 115 Å². The molecule has 1 aromatic heterocycles. The maximum Gasteiger partial charge on any atom is 0.354 e. The van der Waals surface area contributed by atoms with Gasteiger partial charge in [0.2, 0.25) is 5.91 Å². The minimum Gasteiger partial charge on any atom is -0.460 e. The summed E-state index contributed by atoms with van der Waals surface area (Å²) in [5.74, 6) is -0.708. The Morgan fingerprint density at radius 2 is 1.70 bits per heavy atom. The molecule has 10 heteroatoms. The first-order valence-corrected chi connectivity index (χ1v) is 18.8. The number of carbonyl (C=O) groups excluding carboxylic acids is 4. The summed E-state index contributed by atoms with van der Waals surface area (Å²) in [5.41, 5.74) is 1.36. The maximum absolute atomic E-state index is 14.3. The van der Waals surface area contributed by atoms with E-state index in [2.05, 4.69) is 4.98 Å². The van der Waals surface area contributed by atoms with E-state index < -0.39 is 30.2 Å². The van der Waals surface area contributed by atoms with Gasteiger partial charge in [0, 0.05) is 42.8 Å². The lowest BCUT2D eigenvalue weighted by atomic mass is 9.74. The van der Waals surface area contributed by atoms with E-state index in [-0.39, 0.29) is 61.0 Å². The third kappa shape index (κ3) is 9.53. The predicted octanol–water partition coefficient (Wildman–Crippen LogP) is 7.39. The molecule has 0 radical (unpaired) electrons. The number of likely N-dealkylation sites (tertiary alicyclic amines) is 1. The second-order valence-corrected chi connectivity index (χ2v) is 16.0. The number of aromatic nitrogens is 1. The lowest BCUT2D eigenvalue weighted by Crippen LogP contribution is -2.48. The van der Waals surface area contributed by atoms with Crippen LogP contribution in [0.2, 0.25) is 0 Å². The quantitative estimate of drug-likeness (QED) is 0.217. The molecule has 3 fully saturated rings. The number of ketones is 1. The lowest BCUT2D eigenvalue weighted by Gasteiger charge is -2.37. The predicted molar refractivity (Wildman–Crippen MR) is 189 cm³/mol. The number of nitrogens with zero attached hydrogens (tertiary/aromatic N) is 1. The molecule has 9 nitrogen and oxygen atoms in total. The number of benzene rings is 1. The van der Waals surface area contributed by atoms with Crippen LogP contribution >= 0.6 is 0 Å². The molecular formula is C40H57FN2O7. The number of ether oxygens (including phenoxy) is 3. The highest BCUT2D eigenvalue weighted by molar-refractivity contribution is 5.96. The number of halogens is 1. The molecule has 2 aromatic rings. The summed E-state index contributed by atoms with van der Waals surface area (Å²) < 4.78 is 30.1. The molecule has 1 amide bonds. The van der Waals surface area contributed by atoms with Gasteiger partial charge in [-0.3, -0.25) is 18.8 Å². The summed E-state index contributed by atoms with van der Waals surface area (Å²) in [5, 5.41) is 0.820. The lowest BCUT2D eigenvalue weighted by molar-refractivity contribution is -0.157. The van der Waals surface area contributed by atoms with E-state index >= 15 is 0 Å². The van der Waals surface area contributed by atoms with Gasteiger partial charge < -0.3 is 24.1 Å². The van der Waals surface area contributed by atoms with Crippen LogP contribution in [0.4, 0.5) is 4.39 Å². The van der Waals surface area contributed by atoms with E-state index in [0.717, 1.165) is 35.7 Å². The summed E-state index contributed by atoms with van der Waals surface area (Å²) in [6.45, 7) is 7.41. The zero-order valence-corrected chi connectivity index (χ0v) is 30.6. The Balaban J connectivity index is 1.26. The average molecular weight is 697 g/mol. The highest BCUT2D eigenvalue weighted by Crippen LogP contribution is 2.42. The van der Waals surface area contributed by atoms with Gasteiger partial charge in [-0.25, -0.2) is 4.79 Å². The van der Waals surface area contributed by atoms with Gasteiger partial charge in [0.05, 0.1) is 25.2 Å². The molecule has 4 atom stereocenters. The van der Waals surface area contributed by atoms with E-state index in [1.165, 1.54) is 19.3 Å².